The monoisotopic (exact) mass is 1060 g/mol. The fourth-order valence-electron chi connectivity index (χ4n) is 11.3. The van der Waals surface area contributed by atoms with E-state index < -0.39 is 0 Å². The van der Waals surface area contributed by atoms with Crippen molar-refractivity contribution >= 4 is 67.5 Å². The minimum atomic E-state index is -0.278. The summed E-state index contributed by atoms with van der Waals surface area (Å²) in [5, 5.41) is -0.147. The van der Waals surface area contributed by atoms with E-state index in [2.05, 4.69) is 52.0 Å². The highest BCUT2D eigenvalue weighted by Crippen LogP contribution is 2.59. The molecule has 5 aliphatic rings. The molecule has 384 valence electrons. The Kier molecular flexibility index (Phi) is 16.6. The smallest absolute Gasteiger partial charge is 0.230 e. The SMILES string of the molecule is CCCC1c2cc3c4c(CSC(C)=O)c2OCOc2c1cc1c(c2CSC(C)=O)OCOc2c(cc5c(c2CSC(C)=O)OCOc2c(cc(c(c2CSC(C)=O)OCO4)C3CCC)C5CCC)C1CCC. The quantitative estimate of drug-likeness (QED) is 0.105. The third-order valence-corrected chi connectivity index (χ3v) is 17.5. The number of ether oxygens (including phenoxy) is 8. The topological polar surface area (TPSA) is 142 Å². The fourth-order valence-corrected chi connectivity index (χ4v) is 13.8. The number of hydrogen-bond acceptors (Lipinski definition) is 16. The molecular weight excluding hydrogens is 993 g/mol. The Morgan fingerprint density at radius 3 is 0.653 bits per heavy atom. The number of benzene rings is 4. The van der Waals surface area contributed by atoms with Crippen LogP contribution < -0.4 is 37.9 Å². The van der Waals surface area contributed by atoms with Crippen LogP contribution in [0.4, 0.5) is 0 Å². The van der Waals surface area contributed by atoms with Gasteiger partial charge in [-0.3, -0.25) is 19.2 Å². The molecule has 72 heavy (non-hydrogen) atoms. The minimum Gasteiger partial charge on any atom is -0.457 e. The molecule has 0 N–H and O–H groups in total. The van der Waals surface area contributed by atoms with Crippen molar-refractivity contribution in [2.45, 2.75) is 153 Å². The van der Waals surface area contributed by atoms with Crippen LogP contribution in [0.1, 0.15) is 197 Å². The van der Waals surface area contributed by atoms with Crippen LogP contribution in [0.3, 0.4) is 0 Å². The summed E-state index contributed by atoms with van der Waals surface area (Å²) in [6, 6.07) is 9.13. The first-order valence-corrected chi connectivity index (χ1v) is 29.2. The number of hydrogen-bond donors (Lipinski definition) is 0. The third-order valence-electron chi connectivity index (χ3n) is 14.2. The van der Waals surface area contributed by atoms with E-state index in [1.165, 1.54) is 47.0 Å². The van der Waals surface area contributed by atoms with E-state index in [4.69, 9.17) is 37.9 Å². The maximum absolute atomic E-state index is 13.0. The Labute approximate surface area is 439 Å². The molecule has 0 radical (unpaired) electrons. The molecule has 16 heteroatoms. The molecule has 0 amide bonds. The Hall–Kier alpha value is -4.64. The molecule has 0 atom stereocenters. The van der Waals surface area contributed by atoms with Crippen LogP contribution in [0.2, 0.25) is 0 Å². The zero-order valence-electron chi connectivity index (χ0n) is 42.5. The first-order chi connectivity index (χ1) is 34.9. The van der Waals surface area contributed by atoms with Gasteiger partial charge in [0.25, 0.3) is 0 Å². The first-order valence-electron chi connectivity index (χ1n) is 25.2. The van der Waals surface area contributed by atoms with Gasteiger partial charge in [-0.15, -0.1) is 0 Å². The predicted molar refractivity (Wildman–Crippen MR) is 285 cm³/mol. The summed E-state index contributed by atoms with van der Waals surface area (Å²) in [6.45, 7) is 14.4. The molecule has 4 aromatic carbocycles. The summed E-state index contributed by atoms with van der Waals surface area (Å²) >= 11 is 4.83. The van der Waals surface area contributed by atoms with Crippen LogP contribution in [0.5, 0.6) is 46.0 Å². The van der Waals surface area contributed by atoms with Crippen molar-refractivity contribution in [1.29, 1.82) is 0 Å². The lowest BCUT2D eigenvalue weighted by Gasteiger charge is -2.37. The molecule has 0 fully saturated rings. The van der Waals surface area contributed by atoms with Crippen molar-refractivity contribution in [1.82, 2.24) is 0 Å². The number of carbonyl (C=O) groups is 4. The van der Waals surface area contributed by atoms with Crippen LogP contribution >= 0.6 is 47.0 Å². The van der Waals surface area contributed by atoms with Gasteiger partial charge in [-0.05, 0) is 49.9 Å². The first kappa shape index (κ1) is 52.2. The average Bonchev–Trinajstić information content (AvgIpc) is 3.32. The molecule has 0 unspecified atom stereocenters. The lowest BCUT2D eigenvalue weighted by atomic mass is 9.74. The molecule has 4 aromatic rings. The predicted octanol–water partition coefficient (Wildman–Crippen LogP) is 13.8. The zero-order valence-corrected chi connectivity index (χ0v) is 45.7. The van der Waals surface area contributed by atoms with Gasteiger partial charge in [0.1, 0.15) is 46.0 Å². The van der Waals surface area contributed by atoms with E-state index in [9.17, 15) is 19.2 Å². The lowest BCUT2D eigenvalue weighted by Crippen LogP contribution is -2.25. The van der Waals surface area contributed by atoms with E-state index in [0.717, 1.165) is 92.4 Å². The van der Waals surface area contributed by atoms with E-state index in [-0.39, 0.29) is 94.3 Å². The minimum absolute atomic E-state index is 0.0368. The second-order valence-corrected chi connectivity index (χ2v) is 23.5. The van der Waals surface area contributed by atoms with E-state index in [0.29, 0.717) is 71.7 Å². The molecule has 0 spiro atoms. The molecule has 12 nitrogen and oxygen atoms in total. The number of carbonyl (C=O) groups excluding carboxylic acids is 4. The van der Waals surface area contributed by atoms with Crippen molar-refractivity contribution < 1.29 is 57.1 Å². The Morgan fingerprint density at radius 2 is 0.514 bits per heavy atom. The summed E-state index contributed by atoms with van der Waals surface area (Å²) in [4.78, 5) is 51.8. The maximum Gasteiger partial charge on any atom is 0.230 e. The summed E-state index contributed by atoms with van der Waals surface area (Å²) < 4.78 is 54.8. The largest absolute Gasteiger partial charge is 0.457 e. The molecular formula is C56H64O12S4. The second-order valence-electron chi connectivity index (χ2n) is 18.9. The van der Waals surface area contributed by atoms with Gasteiger partial charge < -0.3 is 37.9 Å². The summed E-state index contributed by atoms with van der Waals surface area (Å²) in [7, 11) is 0. The van der Waals surface area contributed by atoms with Gasteiger partial charge in [0.2, 0.25) is 27.2 Å². The maximum atomic E-state index is 13.0. The summed E-state index contributed by atoms with van der Waals surface area (Å²) in [6.07, 6.45) is 6.12. The highest BCUT2D eigenvalue weighted by molar-refractivity contribution is 8.13. The van der Waals surface area contributed by atoms with Crippen LogP contribution in [0.25, 0.3) is 0 Å². The van der Waals surface area contributed by atoms with Crippen molar-refractivity contribution in [3.63, 3.8) is 0 Å². The van der Waals surface area contributed by atoms with Gasteiger partial charge in [0.05, 0.1) is 0 Å². The van der Waals surface area contributed by atoms with Crippen LogP contribution in [0.15, 0.2) is 24.3 Å². The molecule has 0 saturated carbocycles. The third kappa shape index (κ3) is 10.1. The van der Waals surface area contributed by atoms with E-state index in [1.807, 2.05) is 0 Å². The Bertz CT molecular complexity index is 2290. The van der Waals surface area contributed by atoms with Crippen molar-refractivity contribution in [2.75, 3.05) is 27.2 Å². The summed E-state index contributed by atoms with van der Waals surface area (Å²) in [5.41, 5.74) is 10.7. The molecule has 8 bridgehead atoms. The Balaban J connectivity index is 1.51. The Morgan fingerprint density at radius 1 is 0.347 bits per heavy atom. The molecule has 0 saturated heterocycles. The molecule has 4 heterocycles. The van der Waals surface area contributed by atoms with Crippen LogP contribution in [0, 0.1) is 0 Å². The van der Waals surface area contributed by atoms with Gasteiger partial charge in [0.15, 0.2) is 20.5 Å². The molecule has 9 rings (SSSR count). The van der Waals surface area contributed by atoms with Crippen LogP contribution in [-0.4, -0.2) is 47.6 Å². The van der Waals surface area contributed by atoms with Crippen LogP contribution in [-0.2, 0) is 42.2 Å². The highest BCUT2D eigenvalue weighted by atomic mass is 32.2. The highest BCUT2D eigenvalue weighted by Gasteiger charge is 2.41. The van der Waals surface area contributed by atoms with Gasteiger partial charge in [0, 0.05) is 141 Å². The number of rotatable bonds is 16. The van der Waals surface area contributed by atoms with E-state index >= 15 is 0 Å². The fraction of sp³-hybridized carbons (Fsp3) is 0.500. The van der Waals surface area contributed by atoms with Gasteiger partial charge in [-0.25, -0.2) is 0 Å². The van der Waals surface area contributed by atoms with Crippen molar-refractivity contribution in [3.8, 4) is 46.0 Å². The molecule has 4 aliphatic heterocycles. The lowest BCUT2D eigenvalue weighted by molar-refractivity contribution is -0.109. The van der Waals surface area contributed by atoms with Gasteiger partial charge in [-0.2, -0.15) is 0 Å². The van der Waals surface area contributed by atoms with Crippen molar-refractivity contribution in [2.24, 2.45) is 0 Å². The zero-order chi connectivity index (χ0) is 50.8. The second kappa shape index (κ2) is 22.9. The van der Waals surface area contributed by atoms with E-state index in [1.54, 1.807) is 27.7 Å². The normalized spacial score (nSPS) is 18.7. The molecule has 0 aromatic heterocycles. The average molecular weight is 1060 g/mol. The van der Waals surface area contributed by atoms with Gasteiger partial charge >= 0.3 is 0 Å². The van der Waals surface area contributed by atoms with Crippen molar-refractivity contribution in [3.05, 3.63) is 91.0 Å². The van der Waals surface area contributed by atoms with Gasteiger partial charge in [-0.1, -0.05) is 100 Å². The summed E-state index contributed by atoms with van der Waals surface area (Å²) in [5.74, 6) is 4.99. The standard InChI is InChI=1S/C56H64O12S4/c1-9-13-33-37-17-39-34(14-10-2)41-19-43-36(16-12-4)44-20-42-35(15-11-3)40-18-38(33)50-46(22-70-30(6)58)52(40)64-27-66-54(42)48(24-72-32(8)60)56(44)68-28-67-55(43)47(23-71-31(7)59)53(41)65-26-63-51(39)45(21-69-29(5)57)49(37)61-25-62-50/h17-20,33-36H,9-16,21-28H2,1-8H3. The molecule has 1 aliphatic carbocycles. The number of thioether (sulfide) groups is 4.